The van der Waals surface area contributed by atoms with Gasteiger partial charge in [0, 0.05) is 0 Å². The lowest BCUT2D eigenvalue weighted by Gasteiger charge is -2.12. The molecule has 1 atom stereocenters. The van der Waals surface area contributed by atoms with Crippen LogP contribution in [0.5, 0.6) is 0 Å². The highest BCUT2D eigenvalue weighted by molar-refractivity contribution is 4.98. The molecule has 0 saturated heterocycles. The third-order valence-electron chi connectivity index (χ3n) is 2.88. The fraction of sp³-hybridized carbons (Fsp3) is 0.800. The van der Waals surface area contributed by atoms with E-state index in [1.165, 1.54) is 44.9 Å². The van der Waals surface area contributed by atoms with Crippen LogP contribution >= 0.6 is 0 Å². The van der Waals surface area contributed by atoms with Crippen LogP contribution < -0.4 is 0 Å². The van der Waals surface area contributed by atoms with Gasteiger partial charge in [-0.05, 0) is 26.3 Å². The lowest BCUT2D eigenvalue weighted by molar-refractivity contribution is 0.122. The van der Waals surface area contributed by atoms with Gasteiger partial charge in [0.2, 0.25) is 0 Å². The van der Waals surface area contributed by atoms with Gasteiger partial charge >= 0.3 is 0 Å². The summed E-state index contributed by atoms with van der Waals surface area (Å²) in [5.41, 5.74) is 0. The Balaban J connectivity index is 3.23. The molecule has 0 heterocycles. The van der Waals surface area contributed by atoms with E-state index in [0.717, 1.165) is 6.42 Å². The molecule has 2 heteroatoms. The summed E-state index contributed by atoms with van der Waals surface area (Å²) in [5.74, 6) is 0.591. The van der Waals surface area contributed by atoms with E-state index in [0.29, 0.717) is 12.4 Å². The molecular formula is C15H29O2. The van der Waals surface area contributed by atoms with Gasteiger partial charge in [-0.3, -0.25) is 0 Å². The summed E-state index contributed by atoms with van der Waals surface area (Å²) in [5, 5.41) is 9.23. The monoisotopic (exact) mass is 241 g/mol. The molecule has 0 saturated carbocycles. The minimum absolute atomic E-state index is 0.591. The Morgan fingerprint density at radius 2 is 1.65 bits per heavy atom. The largest absolute Gasteiger partial charge is 0.496 e. The van der Waals surface area contributed by atoms with Crippen LogP contribution in [0.1, 0.15) is 65.2 Å². The van der Waals surface area contributed by atoms with Crippen LogP contribution in [0.15, 0.2) is 11.8 Å². The molecule has 101 valence electrons. The van der Waals surface area contributed by atoms with Gasteiger partial charge in [0.05, 0.1) is 6.61 Å². The lowest BCUT2D eigenvalue weighted by atomic mass is 10.1. The first-order chi connectivity index (χ1) is 8.22. The summed E-state index contributed by atoms with van der Waals surface area (Å²) in [7, 11) is 0. The average Bonchev–Trinajstić information content (AvgIpc) is 2.31. The van der Waals surface area contributed by atoms with Crippen molar-refractivity contribution < 1.29 is 9.84 Å². The molecule has 0 aromatic carbocycles. The van der Waals surface area contributed by atoms with E-state index in [1.54, 1.807) is 6.08 Å². The molecule has 0 fully saturated rings. The molecule has 0 aliphatic heterocycles. The van der Waals surface area contributed by atoms with Crippen LogP contribution in [0.25, 0.3) is 0 Å². The maximum atomic E-state index is 9.23. The van der Waals surface area contributed by atoms with E-state index in [4.69, 9.17) is 4.74 Å². The zero-order valence-electron chi connectivity index (χ0n) is 11.6. The number of unbranched alkanes of at least 4 members (excludes halogenated alkanes) is 7. The molecule has 1 unspecified atom stereocenters. The highest BCUT2D eigenvalue weighted by atomic mass is 16.5. The van der Waals surface area contributed by atoms with Gasteiger partial charge in [-0.15, -0.1) is 0 Å². The second-order valence-electron chi connectivity index (χ2n) is 4.53. The Morgan fingerprint density at radius 1 is 1.12 bits per heavy atom. The number of allylic oxidation sites excluding steroid dienone is 1. The Hall–Kier alpha value is -0.500. The molecule has 0 rings (SSSR count). The Labute approximate surface area is 107 Å². The predicted molar refractivity (Wildman–Crippen MR) is 73.7 cm³/mol. The third kappa shape index (κ3) is 10.4. The summed E-state index contributed by atoms with van der Waals surface area (Å²) in [6.45, 7) is 8.33. The molecule has 0 amide bonds. The normalized spacial score (nSPS) is 13.8. The van der Waals surface area contributed by atoms with Crippen molar-refractivity contribution in [3.8, 4) is 0 Å². The smallest absolute Gasteiger partial charge is 0.120 e. The third-order valence-corrected chi connectivity index (χ3v) is 2.88. The van der Waals surface area contributed by atoms with Gasteiger partial charge in [-0.25, -0.2) is 0 Å². The molecule has 17 heavy (non-hydrogen) atoms. The fourth-order valence-electron chi connectivity index (χ4n) is 1.80. The number of ether oxygens (including phenoxy) is 1. The Bertz CT molecular complexity index is 185. The lowest BCUT2D eigenvalue weighted by Crippen LogP contribution is -2.09. The van der Waals surface area contributed by atoms with Crippen molar-refractivity contribution in [1.82, 2.24) is 0 Å². The fourth-order valence-corrected chi connectivity index (χ4v) is 1.80. The summed E-state index contributed by atoms with van der Waals surface area (Å²) < 4.78 is 5.45. The van der Waals surface area contributed by atoms with Crippen molar-refractivity contribution in [2.45, 2.75) is 71.3 Å². The quantitative estimate of drug-likeness (QED) is 0.433. The second-order valence-corrected chi connectivity index (χ2v) is 4.53. The first-order valence-electron chi connectivity index (χ1n) is 7.02. The minimum Gasteiger partial charge on any atom is -0.496 e. The number of aliphatic hydroxyl groups excluding tert-OH is 1. The molecule has 0 aromatic heterocycles. The van der Waals surface area contributed by atoms with Crippen LogP contribution in [0.3, 0.4) is 0 Å². The number of hydrogen-bond acceptors (Lipinski definition) is 2. The topological polar surface area (TPSA) is 29.5 Å². The van der Waals surface area contributed by atoms with E-state index in [9.17, 15) is 5.11 Å². The van der Waals surface area contributed by atoms with E-state index >= 15 is 0 Å². The molecule has 1 N–H and O–H groups in total. The minimum atomic E-state index is -0.728. The number of aliphatic hydroxyl groups is 1. The first-order valence-corrected chi connectivity index (χ1v) is 7.02. The standard InChI is InChI=1S/C15H29O2/c1-4-6-7-8-9-10-11-12-13-17-15(5-2)14(3)16/h5,14,16H,3-4,6-13H2,1-2H3. The van der Waals surface area contributed by atoms with Crippen molar-refractivity contribution in [2.75, 3.05) is 6.61 Å². The second kappa shape index (κ2) is 12.0. The molecule has 0 aliphatic carbocycles. The van der Waals surface area contributed by atoms with Crippen molar-refractivity contribution in [3.63, 3.8) is 0 Å². The molecule has 0 aromatic rings. The molecule has 2 nitrogen and oxygen atoms in total. The van der Waals surface area contributed by atoms with Crippen molar-refractivity contribution in [2.24, 2.45) is 0 Å². The predicted octanol–water partition coefficient (Wildman–Crippen LogP) is 4.24. The van der Waals surface area contributed by atoms with Crippen LogP contribution in [0.4, 0.5) is 0 Å². The van der Waals surface area contributed by atoms with Gasteiger partial charge < -0.3 is 9.84 Å². The van der Waals surface area contributed by atoms with Gasteiger partial charge in [0.25, 0.3) is 0 Å². The van der Waals surface area contributed by atoms with Crippen LogP contribution in [-0.4, -0.2) is 17.8 Å². The zero-order valence-corrected chi connectivity index (χ0v) is 11.6. The average molecular weight is 241 g/mol. The maximum Gasteiger partial charge on any atom is 0.120 e. The van der Waals surface area contributed by atoms with Crippen LogP contribution in [-0.2, 0) is 4.74 Å². The number of hydrogen-bond donors (Lipinski definition) is 1. The van der Waals surface area contributed by atoms with Gasteiger partial charge in [0.1, 0.15) is 11.9 Å². The van der Waals surface area contributed by atoms with Gasteiger partial charge in [-0.2, -0.15) is 0 Å². The first kappa shape index (κ1) is 16.5. The van der Waals surface area contributed by atoms with E-state index in [2.05, 4.69) is 13.8 Å². The van der Waals surface area contributed by atoms with Crippen molar-refractivity contribution in [1.29, 1.82) is 0 Å². The zero-order chi connectivity index (χ0) is 12.9. The highest BCUT2D eigenvalue weighted by Gasteiger charge is 2.03. The highest BCUT2D eigenvalue weighted by Crippen LogP contribution is 2.10. The molecular weight excluding hydrogens is 212 g/mol. The van der Waals surface area contributed by atoms with E-state index in [1.807, 2.05) is 6.92 Å². The van der Waals surface area contributed by atoms with Gasteiger partial charge in [-0.1, -0.05) is 51.9 Å². The maximum absolute atomic E-state index is 9.23. The molecule has 0 bridgehead atoms. The summed E-state index contributed by atoms with van der Waals surface area (Å²) in [6.07, 6.45) is 11.4. The Kier molecular flexibility index (Phi) is 11.6. The molecule has 1 radical (unpaired) electrons. The van der Waals surface area contributed by atoms with E-state index in [-0.39, 0.29) is 0 Å². The summed E-state index contributed by atoms with van der Waals surface area (Å²) in [6, 6.07) is 0. The summed E-state index contributed by atoms with van der Waals surface area (Å²) >= 11 is 0. The van der Waals surface area contributed by atoms with Gasteiger partial charge in [0.15, 0.2) is 0 Å². The SMILES string of the molecule is [CH2]C(O)C(=CC)OCCCCCCCCCC. The number of rotatable bonds is 11. The van der Waals surface area contributed by atoms with Crippen molar-refractivity contribution >= 4 is 0 Å². The molecule has 0 spiro atoms. The van der Waals surface area contributed by atoms with Crippen LogP contribution in [0, 0.1) is 6.92 Å². The summed E-state index contributed by atoms with van der Waals surface area (Å²) in [4.78, 5) is 0. The van der Waals surface area contributed by atoms with Crippen LogP contribution in [0.2, 0.25) is 0 Å². The van der Waals surface area contributed by atoms with Crippen molar-refractivity contribution in [3.05, 3.63) is 18.8 Å². The molecule has 0 aliphatic rings. The Morgan fingerprint density at radius 3 is 2.12 bits per heavy atom. The van der Waals surface area contributed by atoms with E-state index < -0.39 is 6.10 Å².